The maximum Gasteiger partial charge on any atom is 0.319 e. The number of carbonyl (C=O) groups is 1. The van der Waals surface area contributed by atoms with Crippen molar-refractivity contribution in [1.82, 2.24) is 14.5 Å². The number of aromatic nitrogens is 2. The van der Waals surface area contributed by atoms with E-state index in [-0.39, 0.29) is 28.9 Å². The summed E-state index contributed by atoms with van der Waals surface area (Å²) in [6.07, 6.45) is 2.41. The van der Waals surface area contributed by atoms with Crippen LogP contribution in [0.15, 0.2) is 65.8 Å². The lowest BCUT2D eigenvalue weighted by Gasteiger charge is -2.18. The van der Waals surface area contributed by atoms with E-state index in [1.807, 2.05) is 6.92 Å². The minimum Gasteiger partial charge on any atom is -0.334 e. The Morgan fingerprint density at radius 3 is 2.33 bits per heavy atom. The van der Waals surface area contributed by atoms with Gasteiger partial charge in [-0.15, -0.1) is 0 Å². The van der Waals surface area contributed by atoms with Crippen LogP contribution in [-0.4, -0.2) is 35.8 Å². The number of sulfone groups is 1. The summed E-state index contributed by atoms with van der Waals surface area (Å²) in [5.41, 5.74) is 1.84. The Morgan fingerprint density at radius 2 is 1.73 bits per heavy atom. The standard InChI is InChI=1S/C21H21F2N3O3S/c1-15-3-9-18(10-4-15)30(28,29)14-16-5-7-17(8-6-16)20(27)25(2)13-19-24-11-12-26(19)21(22)23/h3-12,21H,13-14H2,1-2H3. The lowest BCUT2D eigenvalue weighted by atomic mass is 10.1. The Kier molecular flexibility index (Phi) is 6.31. The van der Waals surface area contributed by atoms with Gasteiger partial charge in [0.05, 0.1) is 17.2 Å². The number of hydrogen-bond donors (Lipinski definition) is 0. The van der Waals surface area contributed by atoms with E-state index in [9.17, 15) is 22.0 Å². The topological polar surface area (TPSA) is 72.3 Å². The van der Waals surface area contributed by atoms with E-state index in [2.05, 4.69) is 4.98 Å². The van der Waals surface area contributed by atoms with Crippen molar-refractivity contribution in [2.45, 2.75) is 30.7 Å². The highest BCUT2D eigenvalue weighted by Crippen LogP contribution is 2.19. The van der Waals surface area contributed by atoms with Gasteiger partial charge < -0.3 is 4.90 Å². The number of imidazole rings is 1. The highest BCUT2D eigenvalue weighted by Gasteiger charge is 2.19. The first-order valence-electron chi connectivity index (χ1n) is 9.11. The van der Waals surface area contributed by atoms with Crippen LogP contribution in [0.2, 0.25) is 0 Å². The van der Waals surface area contributed by atoms with Gasteiger partial charge in [0.25, 0.3) is 5.91 Å². The van der Waals surface area contributed by atoms with Gasteiger partial charge in [-0.05, 0) is 36.8 Å². The first kappa shape index (κ1) is 21.6. The quantitative estimate of drug-likeness (QED) is 0.568. The highest BCUT2D eigenvalue weighted by molar-refractivity contribution is 7.90. The summed E-state index contributed by atoms with van der Waals surface area (Å²) in [5, 5.41) is 0. The zero-order valence-corrected chi connectivity index (χ0v) is 17.3. The number of aryl methyl sites for hydroxylation is 1. The number of hydrogen-bond acceptors (Lipinski definition) is 4. The third-order valence-electron chi connectivity index (χ3n) is 4.62. The number of alkyl halides is 2. The van der Waals surface area contributed by atoms with Crippen molar-refractivity contribution in [3.05, 3.63) is 83.4 Å². The van der Waals surface area contributed by atoms with Crippen LogP contribution in [0.5, 0.6) is 0 Å². The summed E-state index contributed by atoms with van der Waals surface area (Å²) >= 11 is 0. The average Bonchev–Trinajstić information content (AvgIpc) is 3.16. The van der Waals surface area contributed by atoms with Gasteiger partial charge in [0.2, 0.25) is 0 Å². The molecule has 0 fully saturated rings. The molecule has 0 spiro atoms. The van der Waals surface area contributed by atoms with Crippen LogP contribution < -0.4 is 0 Å². The molecule has 0 saturated carbocycles. The van der Waals surface area contributed by atoms with Gasteiger partial charge in [-0.1, -0.05) is 29.8 Å². The molecule has 6 nitrogen and oxygen atoms in total. The predicted molar refractivity (Wildman–Crippen MR) is 108 cm³/mol. The Hall–Kier alpha value is -3.07. The van der Waals surface area contributed by atoms with Gasteiger partial charge >= 0.3 is 6.55 Å². The third kappa shape index (κ3) is 4.91. The van der Waals surface area contributed by atoms with Gasteiger partial charge in [-0.3, -0.25) is 9.36 Å². The van der Waals surface area contributed by atoms with Crippen LogP contribution in [0.3, 0.4) is 0 Å². The number of rotatable bonds is 7. The maximum atomic E-state index is 12.9. The summed E-state index contributed by atoms with van der Waals surface area (Å²) in [6, 6.07) is 12.8. The van der Waals surface area contributed by atoms with Crippen molar-refractivity contribution in [3.8, 4) is 0 Å². The molecule has 30 heavy (non-hydrogen) atoms. The fourth-order valence-electron chi connectivity index (χ4n) is 2.94. The minimum absolute atomic E-state index is 0.0710. The fourth-order valence-corrected chi connectivity index (χ4v) is 4.29. The zero-order valence-electron chi connectivity index (χ0n) is 16.5. The average molecular weight is 433 g/mol. The molecule has 3 rings (SSSR count). The molecule has 0 N–H and O–H groups in total. The summed E-state index contributed by atoms with van der Waals surface area (Å²) in [7, 11) is -2.02. The van der Waals surface area contributed by atoms with Crippen molar-refractivity contribution < 1.29 is 22.0 Å². The number of halogens is 2. The van der Waals surface area contributed by atoms with E-state index >= 15 is 0 Å². The largest absolute Gasteiger partial charge is 0.334 e. The van der Waals surface area contributed by atoms with Gasteiger partial charge in [-0.25, -0.2) is 13.4 Å². The van der Waals surface area contributed by atoms with E-state index in [1.165, 1.54) is 30.3 Å². The summed E-state index contributed by atoms with van der Waals surface area (Å²) in [6.45, 7) is -0.940. The second kappa shape index (κ2) is 8.74. The summed E-state index contributed by atoms with van der Waals surface area (Å²) in [5.74, 6) is -0.500. The Labute approximate surface area is 173 Å². The first-order chi connectivity index (χ1) is 14.2. The van der Waals surface area contributed by atoms with Crippen LogP contribution in [0.25, 0.3) is 0 Å². The Bertz CT molecular complexity index is 1130. The lowest BCUT2D eigenvalue weighted by molar-refractivity contribution is 0.0612. The Balaban J connectivity index is 1.69. The second-order valence-corrected chi connectivity index (χ2v) is 8.95. The number of carbonyl (C=O) groups excluding carboxylic acids is 1. The van der Waals surface area contributed by atoms with Crippen molar-refractivity contribution in [2.24, 2.45) is 0 Å². The van der Waals surface area contributed by atoms with E-state index in [0.717, 1.165) is 11.8 Å². The molecule has 0 aliphatic heterocycles. The molecular formula is C21H21F2N3O3S. The second-order valence-electron chi connectivity index (χ2n) is 6.96. The number of amides is 1. The molecule has 0 aliphatic rings. The van der Waals surface area contributed by atoms with E-state index in [4.69, 9.17) is 0 Å². The molecule has 0 saturated heterocycles. The molecule has 1 aromatic heterocycles. The Morgan fingerprint density at radius 1 is 1.10 bits per heavy atom. The molecule has 0 atom stereocenters. The van der Waals surface area contributed by atoms with Crippen LogP contribution in [0, 0.1) is 6.92 Å². The fraction of sp³-hybridized carbons (Fsp3) is 0.238. The van der Waals surface area contributed by atoms with Gasteiger partial charge in [-0.2, -0.15) is 8.78 Å². The summed E-state index contributed by atoms with van der Waals surface area (Å²) < 4.78 is 51.7. The van der Waals surface area contributed by atoms with Crippen molar-refractivity contribution in [2.75, 3.05) is 7.05 Å². The normalized spacial score (nSPS) is 11.6. The van der Waals surface area contributed by atoms with E-state index in [1.54, 1.807) is 36.4 Å². The highest BCUT2D eigenvalue weighted by atomic mass is 32.2. The molecule has 1 heterocycles. The summed E-state index contributed by atoms with van der Waals surface area (Å²) in [4.78, 5) is 18.0. The molecule has 2 aromatic carbocycles. The molecule has 0 bridgehead atoms. The number of nitrogens with zero attached hydrogens (tertiary/aromatic N) is 3. The number of benzene rings is 2. The SMILES string of the molecule is Cc1ccc(S(=O)(=O)Cc2ccc(C(=O)N(C)Cc3nccn3C(F)F)cc2)cc1. The lowest BCUT2D eigenvalue weighted by Crippen LogP contribution is -2.27. The third-order valence-corrected chi connectivity index (χ3v) is 6.33. The molecule has 3 aromatic rings. The molecule has 0 aliphatic carbocycles. The minimum atomic E-state index is -3.50. The van der Waals surface area contributed by atoms with Crippen LogP contribution in [0.1, 0.15) is 33.9 Å². The van der Waals surface area contributed by atoms with Crippen LogP contribution in [-0.2, 0) is 22.1 Å². The van der Waals surface area contributed by atoms with Gasteiger partial charge in [0.15, 0.2) is 9.84 Å². The van der Waals surface area contributed by atoms with Gasteiger partial charge in [0.1, 0.15) is 5.82 Å². The monoisotopic (exact) mass is 433 g/mol. The molecule has 1 amide bonds. The van der Waals surface area contributed by atoms with E-state index in [0.29, 0.717) is 15.7 Å². The molecule has 9 heteroatoms. The zero-order chi connectivity index (χ0) is 21.9. The van der Waals surface area contributed by atoms with Crippen molar-refractivity contribution >= 4 is 15.7 Å². The smallest absolute Gasteiger partial charge is 0.319 e. The van der Waals surface area contributed by atoms with E-state index < -0.39 is 16.4 Å². The first-order valence-corrected chi connectivity index (χ1v) is 10.8. The molecule has 158 valence electrons. The van der Waals surface area contributed by atoms with Crippen LogP contribution >= 0.6 is 0 Å². The maximum absolute atomic E-state index is 12.9. The molecule has 0 radical (unpaired) electrons. The van der Waals surface area contributed by atoms with Crippen molar-refractivity contribution in [3.63, 3.8) is 0 Å². The van der Waals surface area contributed by atoms with Gasteiger partial charge in [0, 0.05) is 25.0 Å². The molecule has 0 unspecified atom stereocenters. The molecular weight excluding hydrogens is 412 g/mol. The van der Waals surface area contributed by atoms with Crippen molar-refractivity contribution in [1.29, 1.82) is 0 Å². The predicted octanol–water partition coefficient (Wildman–Crippen LogP) is 3.83. The van der Waals surface area contributed by atoms with Crippen LogP contribution in [0.4, 0.5) is 8.78 Å².